The standard InChI is InChI=1S/C13H11Br2ClN2O/c1-3-9-11(15)12(16)18-13(17-9)7-4-5-10(19-2)8(14)6-7/h4-6H,3H2,1-2H3. The molecule has 0 N–H and O–H groups in total. The zero-order chi connectivity index (χ0) is 14.0. The van der Waals surface area contributed by atoms with E-state index in [1.807, 2.05) is 25.1 Å². The first-order valence-corrected chi connectivity index (χ1v) is 7.59. The smallest absolute Gasteiger partial charge is 0.161 e. The number of nitrogens with zero attached hydrogens (tertiary/aromatic N) is 2. The number of benzene rings is 1. The van der Waals surface area contributed by atoms with Gasteiger partial charge in [0, 0.05) is 5.56 Å². The van der Waals surface area contributed by atoms with Crippen molar-refractivity contribution in [2.24, 2.45) is 0 Å². The van der Waals surface area contributed by atoms with Gasteiger partial charge in [0.2, 0.25) is 0 Å². The second kappa shape index (κ2) is 6.20. The van der Waals surface area contributed by atoms with Gasteiger partial charge < -0.3 is 4.74 Å². The molecule has 1 heterocycles. The van der Waals surface area contributed by atoms with Gasteiger partial charge in [0.1, 0.15) is 10.9 Å². The van der Waals surface area contributed by atoms with Crippen LogP contribution in [-0.2, 0) is 6.42 Å². The monoisotopic (exact) mass is 404 g/mol. The van der Waals surface area contributed by atoms with Crippen LogP contribution in [-0.4, -0.2) is 17.1 Å². The number of ether oxygens (including phenoxy) is 1. The van der Waals surface area contributed by atoms with Crippen LogP contribution >= 0.6 is 43.5 Å². The molecule has 0 saturated carbocycles. The predicted molar refractivity (Wildman–Crippen MR) is 83.8 cm³/mol. The lowest BCUT2D eigenvalue weighted by Crippen LogP contribution is -1.97. The zero-order valence-corrected chi connectivity index (χ0v) is 14.3. The number of aryl methyl sites for hydroxylation is 1. The van der Waals surface area contributed by atoms with E-state index in [9.17, 15) is 0 Å². The van der Waals surface area contributed by atoms with Crippen molar-refractivity contribution in [2.75, 3.05) is 7.11 Å². The molecule has 0 fully saturated rings. The van der Waals surface area contributed by atoms with E-state index in [0.717, 1.165) is 32.4 Å². The summed E-state index contributed by atoms with van der Waals surface area (Å²) in [4.78, 5) is 8.81. The maximum Gasteiger partial charge on any atom is 0.161 e. The average Bonchev–Trinajstić information content (AvgIpc) is 2.41. The normalized spacial score (nSPS) is 10.6. The molecule has 0 spiro atoms. The fraction of sp³-hybridized carbons (Fsp3) is 0.231. The summed E-state index contributed by atoms with van der Waals surface area (Å²) in [5.74, 6) is 1.37. The third-order valence-corrected chi connectivity index (χ3v) is 4.58. The molecule has 0 aliphatic heterocycles. The number of methoxy groups -OCH3 is 1. The summed E-state index contributed by atoms with van der Waals surface area (Å²) in [6.45, 7) is 2.02. The average molecular weight is 407 g/mol. The van der Waals surface area contributed by atoms with Gasteiger partial charge in [-0.2, -0.15) is 0 Å². The number of aromatic nitrogens is 2. The molecule has 0 saturated heterocycles. The van der Waals surface area contributed by atoms with E-state index < -0.39 is 0 Å². The van der Waals surface area contributed by atoms with Crippen molar-refractivity contribution in [1.82, 2.24) is 9.97 Å². The second-order valence-corrected chi connectivity index (χ2v) is 5.81. The quantitative estimate of drug-likeness (QED) is 0.681. The fourth-order valence-electron chi connectivity index (χ4n) is 1.63. The minimum absolute atomic E-state index is 0.425. The Labute approximate surface area is 133 Å². The highest BCUT2D eigenvalue weighted by molar-refractivity contribution is 9.11. The fourth-order valence-corrected chi connectivity index (χ4v) is 2.82. The first kappa shape index (κ1) is 14.8. The van der Waals surface area contributed by atoms with Gasteiger partial charge in [-0.1, -0.05) is 18.5 Å². The van der Waals surface area contributed by atoms with Crippen molar-refractivity contribution >= 4 is 43.5 Å². The first-order chi connectivity index (χ1) is 9.06. The molecule has 0 aliphatic rings. The number of hydrogen-bond donors (Lipinski definition) is 0. The minimum atomic E-state index is 0.425. The molecule has 0 amide bonds. The molecule has 2 aromatic rings. The molecule has 1 aromatic heterocycles. The summed E-state index contributed by atoms with van der Waals surface area (Å²) >= 11 is 13.0. The van der Waals surface area contributed by atoms with Crippen LogP contribution in [0.25, 0.3) is 11.4 Å². The van der Waals surface area contributed by atoms with Gasteiger partial charge in [-0.05, 0) is 56.5 Å². The van der Waals surface area contributed by atoms with Crippen LogP contribution in [0.3, 0.4) is 0 Å². The summed E-state index contributed by atoms with van der Waals surface area (Å²) in [5.41, 5.74) is 1.78. The van der Waals surface area contributed by atoms with Crippen LogP contribution in [0.5, 0.6) is 5.75 Å². The lowest BCUT2D eigenvalue weighted by Gasteiger charge is -2.08. The zero-order valence-electron chi connectivity index (χ0n) is 10.4. The van der Waals surface area contributed by atoms with Crippen molar-refractivity contribution in [1.29, 1.82) is 0 Å². The van der Waals surface area contributed by atoms with Crippen LogP contribution in [0.15, 0.2) is 27.1 Å². The number of hydrogen-bond acceptors (Lipinski definition) is 3. The van der Waals surface area contributed by atoms with Crippen molar-refractivity contribution in [3.63, 3.8) is 0 Å². The van der Waals surface area contributed by atoms with Gasteiger partial charge in [-0.3, -0.25) is 0 Å². The summed E-state index contributed by atoms with van der Waals surface area (Å²) < 4.78 is 6.81. The third-order valence-electron chi connectivity index (χ3n) is 2.62. The Morgan fingerprint density at radius 3 is 2.58 bits per heavy atom. The highest BCUT2D eigenvalue weighted by atomic mass is 79.9. The molecular weight excluding hydrogens is 395 g/mol. The van der Waals surface area contributed by atoms with Crippen LogP contribution in [0, 0.1) is 0 Å². The Kier molecular flexibility index (Phi) is 4.81. The highest BCUT2D eigenvalue weighted by Crippen LogP contribution is 2.31. The molecule has 6 heteroatoms. The van der Waals surface area contributed by atoms with Crippen LogP contribution in [0.2, 0.25) is 5.15 Å². The lowest BCUT2D eigenvalue weighted by molar-refractivity contribution is 0.412. The number of rotatable bonds is 3. The summed E-state index contributed by atoms with van der Waals surface area (Å²) in [5, 5.41) is 0.425. The van der Waals surface area contributed by atoms with Gasteiger partial charge in [-0.25, -0.2) is 9.97 Å². The molecule has 0 unspecified atom stereocenters. The van der Waals surface area contributed by atoms with E-state index in [1.54, 1.807) is 7.11 Å². The SMILES string of the molecule is CCc1nc(-c2ccc(OC)c(Br)c2)nc(Cl)c1Br. The highest BCUT2D eigenvalue weighted by Gasteiger charge is 2.12. The summed E-state index contributed by atoms with van der Waals surface area (Å²) in [6, 6.07) is 5.69. The van der Waals surface area contributed by atoms with Crippen molar-refractivity contribution in [2.45, 2.75) is 13.3 Å². The molecule has 2 rings (SSSR count). The molecule has 0 radical (unpaired) electrons. The van der Waals surface area contributed by atoms with E-state index in [4.69, 9.17) is 16.3 Å². The Morgan fingerprint density at radius 2 is 2.00 bits per heavy atom. The first-order valence-electron chi connectivity index (χ1n) is 5.62. The van der Waals surface area contributed by atoms with Gasteiger partial charge in [0.25, 0.3) is 0 Å². The van der Waals surface area contributed by atoms with E-state index in [0.29, 0.717) is 11.0 Å². The molecule has 0 aliphatic carbocycles. The van der Waals surface area contributed by atoms with E-state index in [-0.39, 0.29) is 0 Å². The largest absolute Gasteiger partial charge is 0.496 e. The Hall–Kier alpha value is -0.650. The van der Waals surface area contributed by atoms with E-state index in [1.165, 1.54) is 0 Å². The topological polar surface area (TPSA) is 35.0 Å². The van der Waals surface area contributed by atoms with E-state index >= 15 is 0 Å². The van der Waals surface area contributed by atoms with Crippen LogP contribution in [0.1, 0.15) is 12.6 Å². The van der Waals surface area contributed by atoms with Gasteiger partial charge in [0.15, 0.2) is 5.82 Å². The van der Waals surface area contributed by atoms with Crippen molar-refractivity contribution in [3.8, 4) is 17.1 Å². The maximum atomic E-state index is 6.11. The molecule has 0 atom stereocenters. The molecule has 1 aromatic carbocycles. The minimum Gasteiger partial charge on any atom is -0.496 e. The molecule has 19 heavy (non-hydrogen) atoms. The summed E-state index contributed by atoms with van der Waals surface area (Å²) in [7, 11) is 1.63. The van der Waals surface area contributed by atoms with Crippen LogP contribution in [0.4, 0.5) is 0 Å². The van der Waals surface area contributed by atoms with Gasteiger partial charge >= 0.3 is 0 Å². The summed E-state index contributed by atoms with van der Waals surface area (Å²) in [6.07, 6.45) is 0.785. The van der Waals surface area contributed by atoms with E-state index in [2.05, 4.69) is 41.8 Å². The second-order valence-electron chi connectivity index (χ2n) is 3.80. The molecule has 3 nitrogen and oxygen atoms in total. The Bertz CT molecular complexity index is 620. The third kappa shape index (κ3) is 3.09. The van der Waals surface area contributed by atoms with Gasteiger partial charge in [0.05, 0.1) is 21.7 Å². The van der Waals surface area contributed by atoms with Crippen LogP contribution < -0.4 is 4.74 Å². The maximum absolute atomic E-state index is 6.11. The molecule has 100 valence electrons. The molecule has 0 bridgehead atoms. The Morgan fingerprint density at radius 1 is 1.26 bits per heavy atom. The van der Waals surface area contributed by atoms with Crippen molar-refractivity contribution < 1.29 is 4.74 Å². The predicted octanol–water partition coefficient (Wildman–Crippen LogP) is 4.89. The Balaban J connectivity index is 2.53. The number of halogens is 3. The van der Waals surface area contributed by atoms with Gasteiger partial charge in [-0.15, -0.1) is 0 Å². The van der Waals surface area contributed by atoms with Crippen molar-refractivity contribution in [3.05, 3.63) is 38.0 Å². The molecular formula is C13H11Br2ClN2O. The lowest BCUT2D eigenvalue weighted by atomic mass is 10.2.